The first-order chi connectivity index (χ1) is 21.4. The molecule has 1 saturated carbocycles. The number of nitrogens with one attached hydrogen (secondary N) is 1. The summed E-state index contributed by atoms with van der Waals surface area (Å²) in [6, 6.07) is 7.61. The number of Topliss-reactive ketones (excluding diaryl/α,β-unsaturated/α-hetero) is 1. The lowest BCUT2D eigenvalue weighted by Crippen LogP contribution is -2.62. The van der Waals surface area contributed by atoms with E-state index in [1.165, 1.54) is 33.8 Å². The first kappa shape index (κ1) is 31.7. The maximum Gasteiger partial charge on any atom is 0.411 e. The van der Waals surface area contributed by atoms with E-state index in [1.807, 2.05) is 4.90 Å². The Bertz CT molecular complexity index is 1520. The molecular formula is C30H36F2N8O5. The summed E-state index contributed by atoms with van der Waals surface area (Å²) in [5.74, 6) is 0.256. The summed E-state index contributed by atoms with van der Waals surface area (Å²) >= 11 is 0. The molecule has 2 atom stereocenters. The highest BCUT2D eigenvalue weighted by Crippen LogP contribution is 2.24. The zero-order chi connectivity index (χ0) is 32.3. The van der Waals surface area contributed by atoms with E-state index in [0.717, 1.165) is 0 Å². The Labute approximate surface area is 258 Å². The van der Waals surface area contributed by atoms with Crippen molar-refractivity contribution in [3.05, 3.63) is 53.3 Å². The summed E-state index contributed by atoms with van der Waals surface area (Å²) in [5.41, 5.74) is 0.929. The number of piperazine rings is 1. The summed E-state index contributed by atoms with van der Waals surface area (Å²) in [4.78, 5) is 41.8. The largest absolute Gasteiger partial charge is 0.470 e. The predicted octanol–water partition coefficient (Wildman–Crippen LogP) is 3.55. The molecule has 5 rings (SSSR count). The van der Waals surface area contributed by atoms with Gasteiger partial charge in [0.2, 0.25) is 11.8 Å². The summed E-state index contributed by atoms with van der Waals surface area (Å²) in [7, 11) is 0. The van der Waals surface area contributed by atoms with Crippen molar-refractivity contribution in [2.24, 2.45) is 0 Å². The predicted molar refractivity (Wildman–Crippen MR) is 157 cm³/mol. The Hall–Kier alpha value is -4.69. The normalized spacial score (nSPS) is 18.8. The molecule has 240 valence electrons. The molecule has 0 bridgehead atoms. The quantitative estimate of drug-likeness (QED) is 0.394. The fourth-order valence-corrected chi connectivity index (χ4v) is 5.20. The number of carbonyl (C=O) groups is 3. The van der Waals surface area contributed by atoms with E-state index < -0.39 is 36.1 Å². The Morgan fingerprint density at radius 3 is 2.44 bits per heavy atom. The molecule has 3 aromatic rings. The molecule has 2 aromatic heterocycles. The van der Waals surface area contributed by atoms with Gasteiger partial charge in [0.25, 0.3) is 6.43 Å². The van der Waals surface area contributed by atoms with Crippen LogP contribution in [0.5, 0.6) is 5.88 Å². The second-order valence-corrected chi connectivity index (χ2v) is 12.0. The highest BCUT2D eigenvalue weighted by molar-refractivity contribution is 5.93. The van der Waals surface area contributed by atoms with E-state index in [-0.39, 0.29) is 36.9 Å². The van der Waals surface area contributed by atoms with Gasteiger partial charge in [0, 0.05) is 37.7 Å². The van der Waals surface area contributed by atoms with Crippen LogP contribution >= 0.6 is 0 Å². The minimum Gasteiger partial charge on any atom is -0.470 e. The van der Waals surface area contributed by atoms with Crippen molar-refractivity contribution in [1.82, 2.24) is 35.4 Å². The molecular weight excluding hydrogens is 590 g/mol. The zero-order valence-electron chi connectivity index (χ0n) is 25.6. The molecule has 0 radical (unpaired) electrons. The Balaban J connectivity index is 1.26. The summed E-state index contributed by atoms with van der Waals surface area (Å²) in [6.45, 7) is 7.75. The van der Waals surface area contributed by atoms with Gasteiger partial charge in [-0.25, -0.2) is 18.3 Å². The van der Waals surface area contributed by atoms with Crippen LogP contribution in [-0.2, 0) is 20.9 Å². The molecule has 13 nitrogen and oxygen atoms in total. The van der Waals surface area contributed by atoms with Crippen LogP contribution in [0.3, 0.4) is 0 Å². The average Bonchev–Trinajstić information content (AvgIpc) is 3.59. The molecule has 3 heterocycles. The molecule has 0 spiro atoms. The number of rotatable bonds is 8. The summed E-state index contributed by atoms with van der Waals surface area (Å²) < 4.78 is 38.9. The number of hydrogen-bond donors (Lipinski definition) is 1. The van der Waals surface area contributed by atoms with Gasteiger partial charge in [-0.1, -0.05) is 17.3 Å². The fraction of sp³-hybridized carbons (Fsp3) is 0.500. The number of hydrogen-bond acceptors (Lipinski definition) is 10. The second kappa shape index (κ2) is 13.1. The van der Waals surface area contributed by atoms with Crippen LogP contribution in [-0.4, -0.2) is 85.2 Å². The molecule has 2 amide bonds. The third-order valence-corrected chi connectivity index (χ3v) is 7.59. The van der Waals surface area contributed by atoms with Gasteiger partial charge in [-0.2, -0.15) is 0 Å². The fourth-order valence-electron chi connectivity index (χ4n) is 5.20. The van der Waals surface area contributed by atoms with E-state index in [0.29, 0.717) is 48.7 Å². The van der Waals surface area contributed by atoms with Gasteiger partial charge < -0.3 is 19.7 Å². The minimum atomic E-state index is -2.57. The van der Waals surface area contributed by atoms with E-state index in [9.17, 15) is 23.2 Å². The lowest BCUT2D eigenvalue weighted by Gasteiger charge is -2.41. The Morgan fingerprint density at radius 2 is 1.82 bits per heavy atom. The van der Waals surface area contributed by atoms with Gasteiger partial charge in [-0.15, -0.1) is 15.3 Å². The number of nitrogens with zero attached hydrogens (tertiary/aromatic N) is 7. The molecule has 1 saturated heterocycles. The Kier molecular flexibility index (Phi) is 9.25. The number of benzene rings is 1. The molecule has 2 fully saturated rings. The first-order valence-electron chi connectivity index (χ1n) is 14.7. The monoisotopic (exact) mass is 626 g/mol. The number of ketones is 1. The minimum absolute atomic E-state index is 0.0139. The summed E-state index contributed by atoms with van der Waals surface area (Å²) in [6.07, 6.45) is -1.47. The lowest BCUT2D eigenvalue weighted by atomic mass is 10.1. The number of ether oxygens (including phenoxy) is 2. The van der Waals surface area contributed by atoms with Crippen LogP contribution in [0, 0.1) is 6.92 Å². The number of carbonyl (C=O) groups excluding carboxylic acids is 3. The van der Waals surface area contributed by atoms with E-state index in [2.05, 4.69) is 25.8 Å². The summed E-state index contributed by atoms with van der Waals surface area (Å²) in [5, 5.41) is 19.5. The molecule has 1 N–H and O–H groups in total. The molecule has 1 unspecified atom stereocenters. The van der Waals surface area contributed by atoms with Crippen LogP contribution in [0.1, 0.15) is 63.4 Å². The topological polar surface area (TPSA) is 145 Å². The van der Waals surface area contributed by atoms with Crippen LogP contribution < -0.4 is 15.0 Å². The van der Waals surface area contributed by atoms with E-state index in [1.54, 1.807) is 39.8 Å². The number of alkyl halides is 2. The van der Waals surface area contributed by atoms with Crippen molar-refractivity contribution >= 4 is 23.6 Å². The van der Waals surface area contributed by atoms with Crippen molar-refractivity contribution < 1.29 is 32.6 Å². The van der Waals surface area contributed by atoms with Crippen molar-refractivity contribution in [2.75, 3.05) is 24.5 Å². The van der Waals surface area contributed by atoms with E-state index in [4.69, 9.17) is 9.47 Å². The van der Waals surface area contributed by atoms with Crippen LogP contribution in [0.15, 0.2) is 36.4 Å². The van der Waals surface area contributed by atoms with E-state index >= 15 is 0 Å². The number of halogens is 2. The zero-order valence-corrected chi connectivity index (χ0v) is 25.6. The number of aryl methyl sites for hydroxylation is 1. The average molecular weight is 627 g/mol. The van der Waals surface area contributed by atoms with Gasteiger partial charge in [-0.05, 0) is 58.7 Å². The molecule has 1 aromatic carbocycles. The van der Waals surface area contributed by atoms with Crippen LogP contribution in [0.4, 0.5) is 19.4 Å². The number of amides is 2. The van der Waals surface area contributed by atoms with Gasteiger partial charge in [0.15, 0.2) is 11.6 Å². The smallest absolute Gasteiger partial charge is 0.411 e. The number of anilines is 1. The van der Waals surface area contributed by atoms with Gasteiger partial charge in [-0.3, -0.25) is 14.5 Å². The first-order valence-corrected chi connectivity index (χ1v) is 14.7. The Morgan fingerprint density at radius 1 is 1.07 bits per heavy atom. The van der Waals surface area contributed by atoms with Crippen LogP contribution in [0.2, 0.25) is 0 Å². The van der Waals surface area contributed by atoms with Crippen molar-refractivity contribution in [1.29, 1.82) is 0 Å². The standard InChI is InChI=1S/C30H36F2N8O5/c1-18-23(40(37-34-18)20-10-8-19(9-11-20)27(31)32)17-44-26-13-12-25(35-36-26)38-14-15-39(29(43)45-30(2,3)4)22(16-38)28(42)33-21-6-5-7-24(21)41/h8-13,21-22,27H,5-7,14-17H2,1-4H3,(H,33,42)/t21-,22?/m0/s1. The number of aromatic nitrogens is 5. The molecule has 15 heteroatoms. The molecule has 1 aliphatic heterocycles. The molecule has 45 heavy (non-hydrogen) atoms. The highest BCUT2D eigenvalue weighted by atomic mass is 19.3. The van der Waals surface area contributed by atoms with Crippen LogP contribution in [0.25, 0.3) is 5.69 Å². The SMILES string of the molecule is Cc1nnn(-c2ccc(C(F)F)cc2)c1COc1ccc(N2CCN(C(=O)OC(C)(C)C)C(C(=O)N[C@H]3CCCC3=O)C2)nn1. The lowest BCUT2D eigenvalue weighted by molar-refractivity contribution is -0.130. The maximum atomic E-state index is 13.4. The molecule has 2 aliphatic rings. The van der Waals surface area contributed by atoms with Gasteiger partial charge in [0.1, 0.15) is 23.9 Å². The van der Waals surface area contributed by atoms with Crippen molar-refractivity contribution in [3.63, 3.8) is 0 Å². The second-order valence-electron chi connectivity index (χ2n) is 12.0. The van der Waals surface area contributed by atoms with Gasteiger partial charge >= 0.3 is 6.09 Å². The van der Waals surface area contributed by atoms with Crippen molar-refractivity contribution in [2.45, 2.75) is 77.7 Å². The third kappa shape index (κ3) is 7.52. The maximum absolute atomic E-state index is 13.4. The molecule has 1 aliphatic carbocycles. The van der Waals surface area contributed by atoms with Crippen molar-refractivity contribution in [3.8, 4) is 11.6 Å². The highest BCUT2D eigenvalue weighted by Gasteiger charge is 2.40. The third-order valence-electron chi connectivity index (χ3n) is 7.59. The van der Waals surface area contributed by atoms with Gasteiger partial charge in [0.05, 0.1) is 17.4 Å².